The maximum Gasteiger partial charge on any atom is 0.191 e. The molecule has 3 nitrogen and oxygen atoms in total. The number of ketones is 1. The molecule has 0 radical (unpaired) electrons. The number of carbonyl (C=O) groups excluding carboxylic acids is 1. The van der Waals surface area contributed by atoms with Crippen LogP contribution in [0.15, 0.2) is 60.7 Å². The third-order valence-electron chi connectivity index (χ3n) is 2.56. The Labute approximate surface area is 105 Å². The average molecular weight is 239 g/mol. The number of allylic oxidation sites excluding steroid dienone is 1. The van der Waals surface area contributed by atoms with Gasteiger partial charge in [0.15, 0.2) is 5.78 Å². The molecule has 0 bridgehead atoms. The first-order chi connectivity index (χ1) is 8.68. The minimum Gasteiger partial charge on any atom is -0.507 e. The summed E-state index contributed by atoms with van der Waals surface area (Å²) < 4.78 is 0. The standard InChI is InChI=1S/C15H13NO2/c16-13(11-6-2-1-3-7-11)10-15(18)12-8-4-5-9-14(12)17/h1-10,17H,16H2/b13-10-. The van der Waals surface area contributed by atoms with Crippen LogP contribution in [0.5, 0.6) is 5.75 Å². The van der Waals surface area contributed by atoms with Gasteiger partial charge < -0.3 is 10.8 Å². The first-order valence-corrected chi connectivity index (χ1v) is 5.53. The predicted molar refractivity (Wildman–Crippen MR) is 71.0 cm³/mol. The fraction of sp³-hybridized carbons (Fsp3) is 0. The molecule has 18 heavy (non-hydrogen) atoms. The molecule has 3 heteroatoms. The third kappa shape index (κ3) is 2.58. The number of benzene rings is 2. The molecule has 0 fully saturated rings. The van der Waals surface area contributed by atoms with E-state index in [0.29, 0.717) is 5.70 Å². The summed E-state index contributed by atoms with van der Waals surface area (Å²) in [6, 6.07) is 15.6. The second-order valence-electron chi connectivity index (χ2n) is 3.85. The van der Waals surface area contributed by atoms with Gasteiger partial charge in [-0.25, -0.2) is 0 Å². The number of aromatic hydroxyl groups is 1. The summed E-state index contributed by atoms with van der Waals surface area (Å²) in [5.74, 6) is -0.353. The Morgan fingerprint density at radius 3 is 2.28 bits per heavy atom. The fourth-order valence-corrected chi connectivity index (χ4v) is 1.61. The van der Waals surface area contributed by atoms with Crippen LogP contribution in [0, 0.1) is 0 Å². The summed E-state index contributed by atoms with van der Waals surface area (Å²) in [5.41, 5.74) is 7.25. The summed E-state index contributed by atoms with van der Waals surface area (Å²) in [4.78, 5) is 11.9. The van der Waals surface area contributed by atoms with Crippen molar-refractivity contribution in [3.8, 4) is 5.75 Å². The number of carbonyl (C=O) groups is 1. The first-order valence-electron chi connectivity index (χ1n) is 5.53. The van der Waals surface area contributed by atoms with Crippen LogP contribution in [0.25, 0.3) is 5.70 Å². The molecule has 2 aromatic carbocycles. The lowest BCUT2D eigenvalue weighted by atomic mass is 10.1. The Kier molecular flexibility index (Phi) is 3.44. The van der Waals surface area contributed by atoms with Crippen LogP contribution < -0.4 is 5.73 Å². The van der Waals surface area contributed by atoms with E-state index in [9.17, 15) is 9.90 Å². The molecular weight excluding hydrogens is 226 g/mol. The van der Waals surface area contributed by atoms with Crippen LogP contribution in [-0.2, 0) is 0 Å². The van der Waals surface area contributed by atoms with E-state index in [2.05, 4.69) is 0 Å². The molecule has 0 aliphatic carbocycles. The van der Waals surface area contributed by atoms with E-state index in [1.165, 1.54) is 12.1 Å². The quantitative estimate of drug-likeness (QED) is 0.639. The van der Waals surface area contributed by atoms with E-state index < -0.39 is 0 Å². The van der Waals surface area contributed by atoms with Crippen molar-refractivity contribution < 1.29 is 9.90 Å². The summed E-state index contributed by atoms with van der Waals surface area (Å²) in [7, 11) is 0. The van der Waals surface area contributed by atoms with Crippen LogP contribution in [0.1, 0.15) is 15.9 Å². The number of para-hydroxylation sites is 1. The molecular formula is C15H13NO2. The molecule has 90 valence electrons. The lowest BCUT2D eigenvalue weighted by Gasteiger charge is -2.02. The zero-order valence-corrected chi connectivity index (χ0v) is 9.71. The van der Waals surface area contributed by atoms with E-state index in [1.807, 2.05) is 30.3 Å². The van der Waals surface area contributed by atoms with E-state index in [0.717, 1.165) is 5.56 Å². The largest absolute Gasteiger partial charge is 0.507 e. The number of hydrogen-bond acceptors (Lipinski definition) is 3. The Morgan fingerprint density at radius 2 is 1.61 bits per heavy atom. The van der Waals surface area contributed by atoms with Gasteiger partial charge in [-0.05, 0) is 17.7 Å². The highest BCUT2D eigenvalue weighted by atomic mass is 16.3. The van der Waals surface area contributed by atoms with Crippen LogP contribution >= 0.6 is 0 Å². The molecule has 0 heterocycles. The Bertz CT molecular complexity index is 588. The van der Waals surface area contributed by atoms with Crippen LogP contribution in [0.3, 0.4) is 0 Å². The van der Waals surface area contributed by atoms with Crippen molar-refractivity contribution in [3.05, 3.63) is 71.8 Å². The normalized spacial score (nSPS) is 11.2. The smallest absolute Gasteiger partial charge is 0.191 e. The molecule has 2 aromatic rings. The lowest BCUT2D eigenvalue weighted by Crippen LogP contribution is -2.02. The molecule has 0 aromatic heterocycles. The number of phenols is 1. The molecule has 0 saturated carbocycles. The van der Waals surface area contributed by atoms with Crippen molar-refractivity contribution in [3.63, 3.8) is 0 Å². The third-order valence-corrected chi connectivity index (χ3v) is 2.56. The number of phenolic OH excluding ortho intramolecular Hbond substituents is 1. The number of rotatable bonds is 3. The Balaban J connectivity index is 2.29. The summed E-state index contributed by atoms with van der Waals surface area (Å²) in [6.07, 6.45) is 1.32. The number of nitrogens with two attached hydrogens (primary N) is 1. The highest BCUT2D eigenvalue weighted by molar-refractivity contribution is 6.09. The highest BCUT2D eigenvalue weighted by Crippen LogP contribution is 2.18. The number of hydrogen-bond donors (Lipinski definition) is 2. The molecule has 0 saturated heterocycles. The monoisotopic (exact) mass is 239 g/mol. The topological polar surface area (TPSA) is 63.3 Å². The summed E-state index contributed by atoms with van der Waals surface area (Å²) in [6.45, 7) is 0. The van der Waals surface area contributed by atoms with Crippen molar-refractivity contribution in [2.45, 2.75) is 0 Å². The van der Waals surface area contributed by atoms with E-state index in [1.54, 1.807) is 18.2 Å². The van der Waals surface area contributed by atoms with Crippen molar-refractivity contribution in [2.75, 3.05) is 0 Å². The van der Waals surface area contributed by atoms with Crippen molar-refractivity contribution in [1.29, 1.82) is 0 Å². The minimum absolute atomic E-state index is 0.0420. The summed E-state index contributed by atoms with van der Waals surface area (Å²) in [5, 5.41) is 9.57. The Hall–Kier alpha value is -2.55. The zero-order valence-electron chi connectivity index (χ0n) is 9.71. The molecule has 0 atom stereocenters. The van der Waals surface area contributed by atoms with Gasteiger partial charge in [0.2, 0.25) is 0 Å². The maximum absolute atomic E-state index is 11.9. The molecule has 2 rings (SSSR count). The van der Waals surface area contributed by atoms with Gasteiger partial charge >= 0.3 is 0 Å². The van der Waals surface area contributed by atoms with Crippen molar-refractivity contribution in [1.82, 2.24) is 0 Å². The molecule has 0 aliphatic heterocycles. The molecule has 0 spiro atoms. The van der Waals surface area contributed by atoms with Crippen LogP contribution in [-0.4, -0.2) is 10.9 Å². The maximum atomic E-state index is 11.9. The van der Waals surface area contributed by atoms with Gasteiger partial charge in [0, 0.05) is 11.8 Å². The Morgan fingerprint density at radius 1 is 1.00 bits per heavy atom. The van der Waals surface area contributed by atoms with Gasteiger partial charge in [-0.1, -0.05) is 42.5 Å². The van der Waals surface area contributed by atoms with E-state index in [4.69, 9.17) is 5.73 Å². The van der Waals surface area contributed by atoms with Crippen LogP contribution in [0.4, 0.5) is 0 Å². The van der Waals surface area contributed by atoms with E-state index in [-0.39, 0.29) is 17.1 Å². The molecule has 3 N–H and O–H groups in total. The SMILES string of the molecule is N/C(=C\C(=O)c1ccccc1O)c1ccccc1. The van der Waals surface area contributed by atoms with Crippen molar-refractivity contribution >= 4 is 11.5 Å². The lowest BCUT2D eigenvalue weighted by molar-refractivity contribution is 0.104. The zero-order chi connectivity index (χ0) is 13.0. The van der Waals surface area contributed by atoms with Gasteiger partial charge in [0.25, 0.3) is 0 Å². The van der Waals surface area contributed by atoms with Gasteiger partial charge in [0.05, 0.1) is 5.56 Å². The van der Waals surface area contributed by atoms with Crippen molar-refractivity contribution in [2.24, 2.45) is 5.73 Å². The molecule has 0 unspecified atom stereocenters. The van der Waals surface area contributed by atoms with Gasteiger partial charge in [-0.15, -0.1) is 0 Å². The van der Waals surface area contributed by atoms with Gasteiger partial charge in [-0.3, -0.25) is 4.79 Å². The van der Waals surface area contributed by atoms with Gasteiger partial charge in [0.1, 0.15) is 5.75 Å². The van der Waals surface area contributed by atoms with Gasteiger partial charge in [-0.2, -0.15) is 0 Å². The average Bonchev–Trinajstić information content (AvgIpc) is 2.40. The second-order valence-corrected chi connectivity index (χ2v) is 3.85. The fourth-order valence-electron chi connectivity index (χ4n) is 1.61. The van der Waals surface area contributed by atoms with E-state index >= 15 is 0 Å². The molecule has 0 amide bonds. The minimum atomic E-state index is -0.311. The summed E-state index contributed by atoms with van der Waals surface area (Å²) >= 11 is 0. The first kappa shape index (κ1) is 11.9. The molecule has 0 aliphatic rings. The predicted octanol–water partition coefficient (Wildman–Crippen LogP) is 2.57. The van der Waals surface area contributed by atoms with Crippen LogP contribution in [0.2, 0.25) is 0 Å². The second kappa shape index (κ2) is 5.19. The highest BCUT2D eigenvalue weighted by Gasteiger charge is 2.08.